The second kappa shape index (κ2) is 28.2. The number of nitrogens with one attached hydrogen (secondary N) is 6. The number of nitrogens with zero attached hydrogens (tertiary/aromatic N) is 6. The third-order valence-electron chi connectivity index (χ3n) is 6.86. The van der Waals surface area contributed by atoms with Gasteiger partial charge >= 0.3 is 59.1 Å². The zero-order valence-electron chi connectivity index (χ0n) is 30.1. The third-order valence-corrected chi connectivity index (χ3v) is 8.27. The molecule has 274 valence electrons. The van der Waals surface area contributed by atoms with Gasteiger partial charge in [0, 0.05) is 39.3 Å². The van der Waals surface area contributed by atoms with E-state index in [2.05, 4.69) is 75.7 Å². The number of aromatic nitrogens is 6. The number of rotatable bonds is 29. The van der Waals surface area contributed by atoms with E-state index in [9.17, 15) is 25.9 Å². The van der Waals surface area contributed by atoms with Crippen LogP contribution in [0, 0.1) is 0 Å². The summed E-state index contributed by atoms with van der Waals surface area (Å²) < 4.78 is 66.1. The van der Waals surface area contributed by atoms with E-state index < -0.39 is 31.7 Å². The molecule has 0 aromatic carbocycles. The Labute approximate surface area is 341 Å². The molecular weight excluding hydrogens is 711 g/mol. The van der Waals surface area contributed by atoms with Gasteiger partial charge in [0.25, 0.3) is 0 Å². The van der Waals surface area contributed by atoms with Crippen molar-refractivity contribution in [3.63, 3.8) is 0 Å². The van der Waals surface area contributed by atoms with Crippen LogP contribution in [0.5, 0.6) is 0 Å². The summed E-state index contributed by atoms with van der Waals surface area (Å²) in [5.41, 5.74) is 0. The molecule has 0 saturated heterocycles. The van der Waals surface area contributed by atoms with Crippen LogP contribution in [-0.2, 0) is 20.2 Å². The second-order valence-corrected chi connectivity index (χ2v) is 14.3. The predicted octanol–water partition coefficient (Wildman–Crippen LogP) is -2.95. The molecule has 50 heavy (non-hydrogen) atoms. The van der Waals surface area contributed by atoms with Crippen molar-refractivity contribution in [3.8, 4) is 0 Å². The Bertz CT molecular complexity index is 1310. The number of hydrogen-bond donors (Lipinski definition) is 6. The van der Waals surface area contributed by atoms with Gasteiger partial charge in [0.05, 0.1) is 31.7 Å². The van der Waals surface area contributed by atoms with Crippen molar-refractivity contribution in [3.05, 3.63) is 0 Å². The molecule has 0 aliphatic carbocycles. The Balaban J connectivity index is 0.0000120. The molecule has 18 nitrogen and oxygen atoms in total. The average Bonchev–Trinajstić information content (AvgIpc) is 3.01. The molecule has 22 heteroatoms. The molecule has 2 aromatic rings. The van der Waals surface area contributed by atoms with Crippen LogP contribution >= 0.6 is 0 Å². The molecular formula is C28H52N12Na2O6S2. The maximum atomic E-state index is 11.0. The maximum Gasteiger partial charge on any atom is 1.00 e. The Morgan fingerprint density at radius 1 is 0.400 bits per heavy atom. The quantitative estimate of drug-likeness (QED) is 0.0275. The molecule has 0 atom stereocenters. The summed E-state index contributed by atoms with van der Waals surface area (Å²) in [6.45, 7) is 5.98. The Kier molecular flexibility index (Phi) is 27.4. The standard InChI is InChI=1S/C28H54N12O6S2.2Na/c1-3-5-7-9-11-13-15-29-23-35-25(39-27(37-23)33-19-21-47(41,42)43)31-17-18-32-26-36-24(30-16-14-12-10-8-6-4-2)38-28(40-26)34-20-22-48(44,45)46;;/h3-22H2,1-2H3,(H,41,42,43)(H,44,45,46)(H3,29,31,33,35,37,39)(H3,30,32,34,36,38,40);;/q;2*+1/p-2. The fourth-order valence-electron chi connectivity index (χ4n) is 4.36. The van der Waals surface area contributed by atoms with E-state index in [4.69, 9.17) is 0 Å². The summed E-state index contributed by atoms with van der Waals surface area (Å²) >= 11 is 0. The van der Waals surface area contributed by atoms with Crippen molar-refractivity contribution in [2.45, 2.75) is 90.9 Å². The van der Waals surface area contributed by atoms with E-state index in [0.717, 1.165) is 38.5 Å². The van der Waals surface area contributed by atoms with Crippen molar-refractivity contribution in [2.75, 3.05) is 82.7 Å². The molecule has 2 heterocycles. The number of unbranched alkanes of at least 4 members (excludes halogenated alkanes) is 10. The smallest absolute Gasteiger partial charge is 0.748 e. The van der Waals surface area contributed by atoms with Crippen molar-refractivity contribution in [2.24, 2.45) is 0 Å². The van der Waals surface area contributed by atoms with Crippen LogP contribution in [0.2, 0.25) is 0 Å². The zero-order chi connectivity index (χ0) is 35.1. The minimum absolute atomic E-state index is 0. The van der Waals surface area contributed by atoms with Crippen LogP contribution < -0.4 is 91.0 Å². The Hall–Kier alpha value is -1.36. The molecule has 6 N–H and O–H groups in total. The van der Waals surface area contributed by atoms with Crippen molar-refractivity contribution in [1.29, 1.82) is 0 Å². The fraction of sp³-hybridized carbons (Fsp3) is 0.786. The van der Waals surface area contributed by atoms with Gasteiger partial charge in [0.2, 0.25) is 35.7 Å². The molecule has 0 aliphatic rings. The van der Waals surface area contributed by atoms with Crippen LogP contribution in [-0.4, -0.2) is 107 Å². The summed E-state index contributed by atoms with van der Waals surface area (Å²) in [6.07, 6.45) is 13.5. The van der Waals surface area contributed by atoms with Gasteiger partial charge in [0.15, 0.2) is 0 Å². The molecule has 2 rings (SSSR count). The average molecular weight is 763 g/mol. The molecule has 0 fully saturated rings. The van der Waals surface area contributed by atoms with Gasteiger partial charge in [0.1, 0.15) is 0 Å². The molecule has 0 radical (unpaired) electrons. The van der Waals surface area contributed by atoms with Gasteiger partial charge in [-0.25, -0.2) is 16.8 Å². The van der Waals surface area contributed by atoms with Gasteiger partial charge in [-0.2, -0.15) is 29.9 Å². The van der Waals surface area contributed by atoms with Gasteiger partial charge in [-0.3, -0.25) is 0 Å². The van der Waals surface area contributed by atoms with Crippen LogP contribution in [0.3, 0.4) is 0 Å². The van der Waals surface area contributed by atoms with Crippen LogP contribution in [0.1, 0.15) is 90.9 Å². The normalized spacial score (nSPS) is 11.2. The van der Waals surface area contributed by atoms with Gasteiger partial charge in [-0.05, 0) is 12.8 Å². The van der Waals surface area contributed by atoms with E-state index >= 15 is 0 Å². The Morgan fingerprint density at radius 3 is 0.920 bits per heavy atom. The SMILES string of the molecule is CCCCCCCCNc1nc(NCCNc2nc(NCCCCCCCC)nc(NCCS(=O)(=O)[O-])n2)nc(NCCS(=O)(=O)[O-])n1.[Na+].[Na+]. The molecule has 0 aliphatic heterocycles. The Morgan fingerprint density at radius 2 is 0.640 bits per heavy atom. The number of anilines is 6. The summed E-state index contributed by atoms with van der Waals surface area (Å²) in [6, 6.07) is 0. The topological polar surface area (TPSA) is 264 Å². The van der Waals surface area contributed by atoms with E-state index in [0.29, 0.717) is 38.1 Å². The molecule has 0 saturated carbocycles. The molecule has 2 aromatic heterocycles. The van der Waals surface area contributed by atoms with Crippen molar-refractivity contribution >= 4 is 55.9 Å². The first-order valence-corrected chi connectivity index (χ1v) is 20.0. The summed E-state index contributed by atoms with van der Waals surface area (Å²) in [5.74, 6) is 0.0548. The summed E-state index contributed by atoms with van der Waals surface area (Å²) in [4.78, 5) is 25.9. The molecule has 0 unspecified atom stereocenters. The maximum absolute atomic E-state index is 11.0. The molecule has 0 bridgehead atoms. The van der Waals surface area contributed by atoms with Gasteiger partial charge in [-0.15, -0.1) is 0 Å². The monoisotopic (exact) mass is 762 g/mol. The van der Waals surface area contributed by atoms with E-state index in [1.54, 1.807) is 0 Å². The van der Waals surface area contributed by atoms with E-state index in [-0.39, 0.29) is 96.0 Å². The van der Waals surface area contributed by atoms with E-state index in [1.165, 1.54) is 38.5 Å². The predicted molar refractivity (Wildman–Crippen MR) is 186 cm³/mol. The number of hydrogen-bond acceptors (Lipinski definition) is 18. The van der Waals surface area contributed by atoms with Crippen molar-refractivity contribution in [1.82, 2.24) is 29.9 Å². The largest absolute Gasteiger partial charge is 1.00 e. The first kappa shape index (κ1) is 48.6. The summed E-state index contributed by atoms with van der Waals surface area (Å²) in [5, 5.41) is 18.0. The molecule has 0 amide bonds. The minimum atomic E-state index is -4.40. The zero-order valence-corrected chi connectivity index (χ0v) is 35.7. The van der Waals surface area contributed by atoms with Crippen LogP contribution in [0.25, 0.3) is 0 Å². The van der Waals surface area contributed by atoms with E-state index in [1.807, 2.05) is 0 Å². The first-order valence-electron chi connectivity index (χ1n) is 16.8. The third kappa shape index (κ3) is 25.6. The first-order chi connectivity index (χ1) is 23.0. The molecule has 0 spiro atoms. The van der Waals surface area contributed by atoms with Crippen LogP contribution in [0.15, 0.2) is 0 Å². The fourth-order valence-corrected chi connectivity index (χ4v) is 5.07. The van der Waals surface area contributed by atoms with Gasteiger partial charge in [-0.1, -0.05) is 78.1 Å². The second-order valence-electron chi connectivity index (χ2n) is 11.2. The summed E-state index contributed by atoms with van der Waals surface area (Å²) in [7, 11) is -8.81. The van der Waals surface area contributed by atoms with Gasteiger partial charge < -0.3 is 41.0 Å². The van der Waals surface area contributed by atoms with Crippen LogP contribution in [0.4, 0.5) is 35.7 Å². The van der Waals surface area contributed by atoms with Crippen molar-refractivity contribution < 1.29 is 85.1 Å². The minimum Gasteiger partial charge on any atom is -0.748 e.